The van der Waals surface area contributed by atoms with Crippen LogP contribution < -0.4 is 0 Å². The molecule has 0 bridgehead atoms. The van der Waals surface area contributed by atoms with Gasteiger partial charge in [0.05, 0.1) is 0 Å². The SMILES string of the molecule is CCCCS/C=C(/B(C1CCCCC1)C1CCCCC1)c1ccccc1. The standard InChI is InChI=1S/C24H37BS/c1-2-3-19-26-20-24(21-13-7-4-8-14-21)25(22-15-9-5-10-16-22)23-17-11-6-12-18-23/h4,7-8,13-14,20,22-23H,2-3,5-6,9-12,15-19H2,1H3/b24-20+. The zero-order chi connectivity index (χ0) is 18.0. The molecule has 0 spiro atoms. The molecule has 0 atom stereocenters. The van der Waals surface area contributed by atoms with E-state index in [1.807, 2.05) is 0 Å². The molecule has 142 valence electrons. The molecule has 2 saturated carbocycles. The van der Waals surface area contributed by atoms with E-state index >= 15 is 0 Å². The van der Waals surface area contributed by atoms with Crippen molar-refractivity contribution in [3.63, 3.8) is 0 Å². The van der Waals surface area contributed by atoms with E-state index in [1.54, 1.807) is 5.47 Å². The summed E-state index contributed by atoms with van der Waals surface area (Å²) in [6.45, 7) is 3.10. The number of hydrogen-bond acceptors (Lipinski definition) is 1. The van der Waals surface area contributed by atoms with E-state index < -0.39 is 0 Å². The van der Waals surface area contributed by atoms with E-state index in [0.29, 0.717) is 0 Å². The lowest BCUT2D eigenvalue weighted by molar-refractivity contribution is 0.465. The Hall–Kier alpha value is -0.625. The van der Waals surface area contributed by atoms with Gasteiger partial charge in [-0.2, -0.15) is 0 Å². The Morgan fingerprint density at radius 1 is 0.923 bits per heavy atom. The van der Waals surface area contributed by atoms with Gasteiger partial charge in [0.2, 0.25) is 0 Å². The van der Waals surface area contributed by atoms with Crippen LogP contribution in [0.2, 0.25) is 11.6 Å². The number of benzene rings is 1. The minimum atomic E-state index is 0.798. The Morgan fingerprint density at radius 2 is 1.50 bits per heavy atom. The van der Waals surface area contributed by atoms with E-state index in [1.165, 1.54) is 88.4 Å². The van der Waals surface area contributed by atoms with Crippen molar-refractivity contribution < 1.29 is 0 Å². The summed E-state index contributed by atoms with van der Waals surface area (Å²) in [5.74, 6) is 3.12. The third kappa shape index (κ3) is 5.68. The quantitative estimate of drug-likeness (QED) is 0.329. The second-order valence-electron chi connectivity index (χ2n) is 8.49. The first kappa shape index (κ1) is 20.1. The Balaban J connectivity index is 1.88. The molecule has 0 heterocycles. The van der Waals surface area contributed by atoms with Crippen LogP contribution in [0.1, 0.15) is 89.5 Å². The third-order valence-electron chi connectivity index (χ3n) is 6.61. The Labute approximate surface area is 166 Å². The van der Waals surface area contributed by atoms with Crippen molar-refractivity contribution in [3.05, 3.63) is 41.3 Å². The Bertz CT molecular complexity index is 508. The maximum atomic E-state index is 2.58. The van der Waals surface area contributed by atoms with E-state index in [-0.39, 0.29) is 0 Å². The number of rotatable bonds is 8. The van der Waals surface area contributed by atoms with Crippen LogP contribution in [0.3, 0.4) is 0 Å². The summed E-state index contributed by atoms with van der Waals surface area (Å²) in [4.78, 5) is 0. The van der Waals surface area contributed by atoms with Crippen LogP contribution in [0, 0.1) is 0 Å². The fourth-order valence-corrected chi connectivity index (χ4v) is 6.27. The maximum Gasteiger partial charge on any atom is 0.183 e. The molecule has 0 amide bonds. The largest absolute Gasteiger partial charge is 0.183 e. The first-order chi connectivity index (χ1) is 12.9. The lowest BCUT2D eigenvalue weighted by Gasteiger charge is -2.37. The van der Waals surface area contributed by atoms with E-state index in [0.717, 1.165) is 18.3 Å². The van der Waals surface area contributed by atoms with Crippen molar-refractivity contribution in [1.82, 2.24) is 0 Å². The van der Waals surface area contributed by atoms with Crippen molar-refractivity contribution in [2.75, 3.05) is 5.75 Å². The van der Waals surface area contributed by atoms with Crippen LogP contribution >= 0.6 is 11.8 Å². The van der Waals surface area contributed by atoms with Gasteiger partial charge in [-0.3, -0.25) is 0 Å². The van der Waals surface area contributed by atoms with Crippen LogP contribution in [-0.4, -0.2) is 12.5 Å². The molecule has 0 N–H and O–H groups in total. The van der Waals surface area contributed by atoms with Gasteiger partial charge in [-0.1, -0.05) is 125 Å². The molecule has 2 aliphatic carbocycles. The minimum Gasteiger partial charge on any atom is -0.135 e. The van der Waals surface area contributed by atoms with Gasteiger partial charge in [0.1, 0.15) is 0 Å². The predicted octanol–water partition coefficient (Wildman–Crippen LogP) is 8.26. The molecule has 0 aliphatic heterocycles. The summed E-state index contributed by atoms with van der Waals surface area (Å²) in [5.41, 5.74) is 3.18. The predicted molar refractivity (Wildman–Crippen MR) is 121 cm³/mol. The van der Waals surface area contributed by atoms with Crippen LogP contribution in [0.5, 0.6) is 0 Å². The fraction of sp³-hybridized carbons (Fsp3) is 0.667. The van der Waals surface area contributed by atoms with Gasteiger partial charge in [-0.15, -0.1) is 11.8 Å². The van der Waals surface area contributed by atoms with Crippen LogP contribution in [0.25, 0.3) is 5.47 Å². The van der Waals surface area contributed by atoms with Gasteiger partial charge in [0.25, 0.3) is 0 Å². The first-order valence-electron chi connectivity index (χ1n) is 11.3. The van der Waals surface area contributed by atoms with Crippen molar-refractivity contribution in [2.24, 2.45) is 0 Å². The summed E-state index contributed by atoms with van der Waals surface area (Å²) in [7, 11) is 0. The summed E-state index contributed by atoms with van der Waals surface area (Å²) >= 11 is 2.08. The lowest BCUT2D eigenvalue weighted by Crippen LogP contribution is -2.32. The monoisotopic (exact) mass is 368 g/mol. The molecular weight excluding hydrogens is 331 g/mol. The zero-order valence-corrected chi connectivity index (χ0v) is 17.6. The van der Waals surface area contributed by atoms with E-state index in [9.17, 15) is 0 Å². The molecule has 26 heavy (non-hydrogen) atoms. The molecule has 3 rings (SSSR count). The first-order valence-corrected chi connectivity index (χ1v) is 12.3. The van der Waals surface area contributed by atoms with Crippen LogP contribution in [0.15, 0.2) is 35.7 Å². The molecule has 0 aromatic heterocycles. The smallest absolute Gasteiger partial charge is 0.135 e. The summed E-state index contributed by atoms with van der Waals surface area (Å²) in [5, 5.41) is 2.58. The molecule has 0 nitrogen and oxygen atoms in total. The van der Waals surface area contributed by atoms with Crippen LogP contribution in [-0.2, 0) is 0 Å². The minimum absolute atomic E-state index is 0.798. The normalized spacial score (nSPS) is 20.3. The van der Waals surface area contributed by atoms with Gasteiger partial charge in [0, 0.05) is 0 Å². The summed E-state index contributed by atoms with van der Waals surface area (Å²) in [6.07, 6.45) is 17.2. The average Bonchev–Trinajstić information content (AvgIpc) is 2.72. The number of unbranched alkanes of at least 4 members (excludes halogenated alkanes) is 1. The Morgan fingerprint density at radius 3 is 2.04 bits per heavy atom. The number of thioether (sulfide) groups is 1. The van der Waals surface area contributed by atoms with Gasteiger partial charge >= 0.3 is 0 Å². The Kier molecular flexibility index (Phi) is 8.72. The molecule has 2 fully saturated rings. The lowest BCUT2D eigenvalue weighted by atomic mass is 9.26. The molecule has 1 aromatic rings. The molecule has 2 heteroatoms. The fourth-order valence-electron chi connectivity index (χ4n) is 5.23. The highest BCUT2D eigenvalue weighted by Gasteiger charge is 2.37. The van der Waals surface area contributed by atoms with Crippen molar-refractivity contribution >= 4 is 23.9 Å². The van der Waals surface area contributed by atoms with Crippen LogP contribution in [0.4, 0.5) is 0 Å². The highest BCUT2D eigenvalue weighted by Crippen LogP contribution is 2.46. The van der Waals surface area contributed by atoms with E-state index in [4.69, 9.17) is 0 Å². The molecule has 0 unspecified atom stereocenters. The van der Waals surface area contributed by atoms with E-state index in [2.05, 4.69) is 54.4 Å². The van der Waals surface area contributed by atoms with Gasteiger partial charge in [0.15, 0.2) is 6.71 Å². The zero-order valence-electron chi connectivity index (χ0n) is 16.8. The summed E-state index contributed by atoms with van der Waals surface area (Å²) in [6, 6.07) is 11.4. The maximum absolute atomic E-state index is 2.58. The van der Waals surface area contributed by atoms with Gasteiger partial charge < -0.3 is 0 Å². The highest BCUT2D eigenvalue weighted by molar-refractivity contribution is 8.02. The van der Waals surface area contributed by atoms with Crippen molar-refractivity contribution in [2.45, 2.75) is 95.6 Å². The summed E-state index contributed by atoms with van der Waals surface area (Å²) < 4.78 is 0. The van der Waals surface area contributed by atoms with Gasteiger partial charge in [-0.25, -0.2) is 0 Å². The molecule has 2 aliphatic rings. The molecular formula is C24H37BS. The number of hydrogen-bond donors (Lipinski definition) is 0. The molecule has 1 aromatic carbocycles. The van der Waals surface area contributed by atoms with Gasteiger partial charge in [-0.05, 0) is 23.1 Å². The highest BCUT2D eigenvalue weighted by atomic mass is 32.2. The molecule has 0 saturated heterocycles. The third-order valence-corrected chi connectivity index (χ3v) is 7.55. The van der Waals surface area contributed by atoms with Crippen molar-refractivity contribution in [3.8, 4) is 0 Å². The second-order valence-corrected chi connectivity index (χ2v) is 9.46. The molecule has 0 radical (unpaired) electrons. The van der Waals surface area contributed by atoms with Crippen molar-refractivity contribution in [1.29, 1.82) is 0 Å². The second kappa shape index (κ2) is 11.3. The topological polar surface area (TPSA) is 0 Å². The average molecular weight is 368 g/mol.